The van der Waals surface area contributed by atoms with Gasteiger partial charge in [-0.2, -0.15) is 0 Å². The summed E-state index contributed by atoms with van der Waals surface area (Å²) in [5.41, 5.74) is 0.623. The maximum atomic E-state index is 13.0. The van der Waals surface area contributed by atoms with E-state index >= 15 is 0 Å². The van der Waals surface area contributed by atoms with Crippen LogP contribution in [0.25, 0.3) is 0 Å². The fourth-order valence-electron chi connectivity index (χ4n) is 3.33. The second-order valence-electron chi connectivity index (χ2n) is 6.67. The molecule has 1 aliphatic rings. The van der Waals surface area contributed by atoms with Crippen LogP contribution in [-0.4, -0.2) is 35.8 Å². The van der Waals surface area contributed by atoms with E-state index in [-0.39, 0.29) is 12.5 Å². The Kier molecular flexibility index (Phi) is 5.99. The molecule has 1 heterocycles. The molecule has 0 radical (unpaired) electrons. The maximum absolute atomic E-state index is 13.0. The number of rotatable bonds is 7. The van der Waals surface area contributed by atoms with Gasteiger partial charge in [0.2, 0.25) is 5.91 Å². The van der Waals surface area contributed by atoms with Gasteiger partial charge in [-0.05, 0) is 36.1 Å². The molecule has 0 aromatic heterocycles. The third-order valence-electron chi connectivity index (χ3n) is 4.92. The number of carbonyl (C=O) groups excluding carboxylic acids is 3. The van der Waals surface area contributed by atoms with Crippen molar-refractivity contribution in [2.75, 3.05) is 13.1 Å². The van der Waals surface area contributed by atoms with Gasteiger partial charge in [-0.1, -0.05) is 61.0 Å². The highest BCUT2D eigenvalue weighted by Gasteiger charge is 2.51. The average molecular weight is 400 g/mol. The first kappa shape index (κ1) is 19.9. The van der Waals surface area contributed by atoms with Gasteiger partial charge in [0, 0.05) is 11.6 Å². The van der Waals surface area contributed by atoms with Gasteiger partial charge in [0.1, 0.15) is 12.1 Å². The van der Waals surface area contributed by atoms with Crippen molar-refractivity contribution in [2.45, 2.75) is 25.3 Å². The fourth-order valence-corrected chi connectivity index (χ4v) is 3.45. The van der Waals surface area contributed by atoms with Crippen molar-refractivity contribution in [3.8, 4) is 0 Å². The Morgan fingerprint density at radius 3 is 2.43 bits per heavy atom. The number of hydrogen-bond donors (Lipinski definition) is 2. The Labute approximate surface area is 168 Å². The molecule has 1 atom stereocenters. The standard InChI is InChI=1S/C21H22ClN3O3/c1-2-21(16-6-4-3-5-7-16)19(27)25(20(28)24-21)14-18(26)23-13-12-15-8-10-17(22)11-9-15/h3-11H,2,12-14H2,1H3,(H,23,26)(H,24,28). The largest absolute Gasteiger partial charge is 0.354 e. The minimum atomic E-state index is -1.12. The first-order valence-corrected chi connectivity index (χ1v) is 9.55. The molecule has 2 N–H and O–H groups in total. The normalized spacial score (nSPS) is 18.9. The predicted octanol–water partition coefficient (Wildman–Crippen LogP) is 2.86. The lowest BCUT2D eigenvalue weighted by molar-refractivity contribution is -0.135. The minimum Gasteiger partial charge on any atom is -0.354 e. The summed E-state index contributed by atoms with van der Waals surface area (Å²) in [4.78, 5) is 38.6. The Bertz CT molecular complexity index is 870. The highest BCUT2D eigenvalue weighted by Crippen LogP contribution is 2.32. The molecule has 0 saturated carbocycles. The number of nitrogens with zero attached hydrogens (tertiary/aromatic N) is 1. The first-order valence-electron chi connectivity index (χ1n) is 9.17. The lowest BCUT2D eigenvalue weighted by Gasteiger charge is -2.25. The number of halogens is 1. The molecular formula is C21H22ClN3O3. The highest BCUT2D eigenvalue weighted by molar-refractivity contribution is 6.30. The van der Waals surface area contributed by atoms with E-state index in [1.165, 1.54) is 0 Å². The molecule has 7 heteroatoms. The molecule has 1 aliphatic heterocycles. The molecule has 0 aliphatic carbocycles. The summed E-state index contributed by atoms with van der Waals surface area (Å²) in [5, 5.41) is 6.18. The van der Waals surface area contributed by atoms with Crippen molar-refractivity contribution < 1.29 is 14.4 Å². The van der Waals surface area contributed by atoms with Crippen LogP contribution in [0.3, 0.4) is 0 Å². The van der Waals surface area contributed by atoms with Crippen LogP contribution in [0.4, 0.5) is 4.79 Å². The molecule has 1 saturated heterocycles. The zero-order valence-corrected chi connectivity index (χ0v) is 16.3. The van der Waals surface area contributed by atoms with E-state index in [9.17, 15) is 14.4 Å². The topological polar surface area (TPSA) is 78.5 Å². The molecule has 4 amide bonds. The fraction of sp³-hybridized carbons (Fsp3) is 0.286. The van der Waals surface area contributed by atoms with Crippen LogP contribution in [0.5, 0.6) is 0 Å². The summed E-state index contributed by atoms with van der Waals surface area (Å²) in [5.74, 6) is -0.781. The Hall–Kier alpha value is -2.86. The summed E-state index contributed by atoms with van der Waals surface area (Å²) >= 11 is 5.85. The third kappa shape index (κ3) is 4.02. The molecule has 0 bridgehead atoms. The van der Waals surface area contributed by atoms with Crippen LogP contribution in [0.15, 0.2) is 54.6 Å². The van der Waals surface area contributed by atoms with Gasteiger partial charge in [-0.25, -0.2) is 4.79 Å². The van der Waals surface area contributed by atoms with Crippen LogP contribution < -0.4 is 10.6 Å². The van der Waals surface area contributed by atoms with E-state index in [0.29, 0.717) is 30.0 Å². The van der Waals surface area contributed by atoms with Crippen molar-refractivity contribution in [2.24, 2.45) is 0 Å². The predicted molar refractivity (Wildman–Crippen MR) is 107 cm³/mol. The van der Waals surface area contributed by atoms with E-state index in [4.69, 9.17) is 11.6 Å². The molecule has 1 unspecified atom stereocenters. The minimum absolute atomic E-state index is 0.306. The first-order chi connectivity index (χ1) is 13.5. The Morgan fingerprint density at radius 1 is 1.11 bits per heavy atom. The zero-order chi connectivity index (χ0) is 20.1. The molecule has 2 aromatic carbocycles. The number of urea groups is 1. The van der Waals surface area contributed by atoms with Crippen molar-refractivity contribution in [3.63, 3.8) is 0 Å². The number of nitrogens with one attached hydrogen (secondary N) is 2. The summed E-state index contributed by atoms with van der Waals surface area (Å²) in [7, 11) is 0. The quantitative estimate of drug-likeness (QED) is 0.703. The Balaban J connectivity index is 1.60. The van der Waals surface area contributed by atoms with Crippen LogP contribution in [0.1, 0.15) is 24.5 Å². The lowest BCUT2D eigenvalue weighted by atomic mass is 9.87. The zero-order valence-electron chi connectivity index (χ0n) is 15.6. The van der Waals surface area contributed by atoms with Crippen molar-refractivity contribution in [1.82, 2.24) is 15.5 Å². The lowest BCUT2D eigenvalue weighted by Crippen LogP contribution is -2.45. The Morgan fingerprint density at radius 2 is 1.79 bits per heavy atom. The molecule has 6 nitrogen and oxygen atoms in total. The van der Waals surface area contributed by atoms with Gasteiger partial charge >= 0.3 is 6.03 Å². The highest BCUT2D eigenvalue weighted by atomic mass is 35.5. The summed E-state index contributed by atoms with van der Waals surface area (Å²) in [6.45, 7) is 1.93. The van der Waals surface area contributed by atoms with Crippen LogP contribution in [0.2, 0.25) is 5.02 Å². The van der Waals surface area contributed by atoms with Crippen molar-refractivity contribution in [3.05, 3.63) is 70.7 Å². The van der Waals surface area contributed by atoms with E-state index < -0.39 is 17.5 Å². The van der Waals surface area contributed by atoms with Gasteiger partial charge in [0.25, 0.3) is 5.91 Å². The molecule has 3 rings (SSSR count). The number of benzene rings is 2. The van der Waals surface area contributed by atoms with Gasteiger partial charge in [-0.3, -0.25) is 14.5 Å². The molecule has 2 aromatic rings. The number of hydrogen-bond acceptors (Lipinski definition) is 3. The SMILES string of the molecule is CCC1(c2ccccc2)NC(=O)N(CC(=O)NCCc2ccc(Cl)cc2)C1=O. The smallest absolute Gasteiger partial charge is 0.325 e. The van der Waals surface area contributed by atoms with Crippen LogP contribution in [-0.2, 0) is 21.5 Å². The summed E-state index contributed by atoms with van der Waals surface area (Å²) in [6.07, 6.45) is 1.03. The summed E-state index contributed by atoms with van der Waals surface area (Å²) < 4.78 is 0. The van der Waals surface area contributed by atoms with Gasteiger partial charge < -0.3 is 10.6 Å². The van der Waals surface area contributed by atoms with Crippen LogP contribution in [0, 0.1) is 0 Å². The van der Waals surface area contributed by atoms with Gasteiger partial charge in [0.15, 0.2) is 0 Å². The average Bonchev–Trinajstić information content (AvgIpc) is 2.95. The van der Waals surface area contributed by atoms with Crippen LogP contribution >= 0.6 is 11.6 Å². The second-order valence-corrected chi connectivity index (χ2v) is 7.11. The van der Waals surface area contributed by atoms with Gasteiger partial charge in [0.05, 0.1) is 0 Å². The second kappa shape index (κ2) is 8.44. The molecule has 1 fully saturated rings. The monoisotopic (exact) mass is 399 g/mol. The van der Waals surface area contributed by atoms with E-state index in [1.807, 2.05) is 37.3 Å². The maximum Gasteiger partial charge on any atom is 0.325 e. The number of imide groups is 1. The van der Waals surface area contributed by atoms with Crippen molar-refractivity contribution >= 4 is 29.4 Å². The van der Waals surface area contributed by atoms with E-state index in [0.717, 1.165) is 10.5 Å². The molecular weight excluding hydrogens is 378 g/mol. The van der Waals surface area contributed by atoms with Gasteiger partial charge in [-0.15, -0.1) is 0 Å². The summed E-state index contributed by atoms with van der Waals surface area (Å²) in [6, 6.07) is 15.9. The third-order valence-corrected chi connectivity index (χ3v) is 5.18. The number of amides is 4. The number of carbonyl (C=O) groups is 3. The van der Waals surface area contributed by atoms with E-state index in [2.05, 4.69) is 10.6 Å². The molecule has 0 spiro atoms. The van der Waals surface area contributed by atoms with E-state index in [1.54, 1.807) is 24.3 Å². The van der Waals surface area contributed by atoms with Crippen molar-refractivity contribution in [1.29, 1.82) is 0 Å². The molecule has 28 heavy (non-hydrogen) atoms. The molecule has 146 valence electrons.